The minimum atomic E-state index is -3.54. The number of nitrogens with zero attached hydrogens (tertiary/aromatic N) is 1. The third-order valence-electron chi connectivity index (χ3n) is 5.82. The predicted octanol–water partition coefficient (Wildman–Crippen LogP) is 3.02. The molecule has 1 aromatic carbocycles. The number of anilines is 1. The van der Waals surface area contributed by atoms with Crippen LogP contribution in [0.2, 0.25) is 0 Å². The number of carbonyl (C=O) groups excluding carboxylic acids is 1. The van der Waals surface area contributed by atoms with E-state index in [1.54, 1.807) is 29.4 Å². The molecular formula is C20H31N3O3S. The monoisotopic (exact) mass is 393 g/mol. The van der Waals surface area contributed by atoms with Gasteiger partial charge in [0.1, 0.15) is 0 Å². The first-order valence-electron chi connectivity index (χ1n) is 10.0. The van der Waals surface area contributed by atoms with Gasteiger partial charge in [0.05, 0.1) is 4.90 Å². The van der Waals surface area contributed by atoms with E-state index in [9.17, 15) is 13.2 Å². The van der Waals surface area contributed by atoms with E-state index in [0.717, 1.165) is 44.9 Å². The SMILES string of the molecule is Cc1ccc(NC(=O)C[C@@H]2CCC[C@H]2N)cc1S(=O)(=O)N1CCCCCC1. The second-order valence-corrected chi connectivity index (χ2v) is 9.81. The van der Waals surface area contributed by atoms with Gasteiger partial charge in [0.2, 0.25) is 15.9 Å². The van der Waals surface area contributed by atoms with Crippen LogP contribution in [0.3, 0.4) is 0 Å². The normalized spacial score (nSPS) is 24.5. The zero-order chi connectivity index (χ0) is 19.4. The number of benzene rings is 1. The second-order valence-electron chi connectivity index (χ2n) is 7.91. The molecule has 0 bridgehead atoms. The van der Waals surface area contributed by atoms with E-state index in [2.05, 4.69) is 5.32 Å². The fourth-order valence-electron chi connectivity index (χ4n) is 4.15. The quantitative estimate of drug-likeness (QED) is 0.804. The van der Waals surface area contributed by atoms with Crippen LogP contribution in [0, 0.1) is 12.8 Å². The van der Waals surface area contributed by atoms with Crippen molar-refractivity contribution in [3.8, 4) is 0 Å². The molecule has 0 spiro atoms. The summed E-state index contributed by atoms with van der Waals surface area (Å²) in [5.74, 6) is 0.120. The first kappa shape index (κ1) is 20.3. The molecular weight excluding hydrogens is 362 g/mol. The van der Waals surface area contributed by atoms with Crippen LogP contribution in [0.15, 0.2) is 23.1 Å². The molecule has 27 heavy (non-hydrogen) atoms. The molecule has 2 fully saturated rings. The van der Waals surface area contributed by atoms with Crippen LogP contribution in [-0.4, -0.2) is 37.8 Å². The summed E-state index contributed by atoms with van der Waals surface area (Å²) in [6, 6.07) is 5.22. The van der Waals surface area contributed by atoms with E-state index in [4.69, 9.17) is 5.73 Å². The third-order valence-corrected chi connectivity index (χ3v) is 7.86. The number of amides is 1. The lowest BCUT2D eigenvalue weighted by Crippen LogP contribution is -2.32. The van der Waals surface area contributed by atoms with Gasteiger partial charge >= 0.3 is 0 Å². The standard InChI is InChI=1S/C20H31N3O3S/c1-15-9-10-17(22-20(24)13-16-7-6-8-18(16)21)14-19(15)27(25,26)23-11-4-2-3-5-12-23/h9-10,14,16,18H,2-8,11-13,21H2,1H3,(H,22,24)/t16-,18+/m0/s1. The number of hydrogen-bond donors (Lipinski definition) is 2. The van der Waals surface area contributed by atoms with E-state index in [1.165, 1.54) is 0 Å². The summed E-state index contributed by atoms with van der Waals surface area (Å²) >= 11 is 0. The Balaban J connectivity index is 1.74. The van der Waals surface area contributed by atoms with Crippen molar-refractivity contribution < 1.29 is 13.2 Å². The largest absolute Gasteiger partial charge is 0.327 e. The first-order valence-corrected chi connectivity index (χ1v) is 11.5. The summed E-state index contributed by atoms with van der Waals surface area (Å²) in [5, 5.41) is 2.87. The van der Waals surface area contributed by atoms with Gasteiger partial charge in [-0.15, -0.1) is 0 Å². The molecule has 2 atom stereocenters. The van der Waals surface area contributed by atoms with E-state index >= 15 is 0 Å². The molecule has 7 heteroatoms. The Bertz CT molecular complexity index is 771. The molecule has 1 aliphatic carbocycles. The van der Waals surface area contributed by atoms with Gasteiger partial charge in [0.25, 0.3) is 0 Å². The Labute approximate surface area is 162 Å². The number of hydrogen-bond acceptors (Lipinski definition) is 4. The van der Waals surface area contributed by atoms with Crippen molar-refractivity contribution in [1.82, 2.24) is 4.31 Å². The lowest BCUT2D eigenvalue weighted by atomic mass is 10.00. The minimum Gasteiger partial charge on any atom is -0.327 e. The van der Waals surface area contributed by atoms with Crippen molar-refractivity contribution in [2.45, 2.75) is 69.2 Å². The molecule has 0 radical (unpaired) electrons. The molecule has 0 unspecified atom stereocenters. The highest BCUT2D eigenvalue weighted by molar-refractivity contribution is 7.89. The molecule has 6 nitrogen and oxygen atoms in total. The number of nitrogens with two attached hydrogens (primary N) is 1. The van der Waals surface area contributed by atoms with Crippen LogP contribution >= 0.6 is 0 Å². The van der Waals surface area contributed by atoms with Crippen molar-refractivity contribution in [1.29, 1.82) is 0 Å². The van der Waals surface area contributed by atoms with Crippen LogP contribution in [0.4, 0.5) is 5.69 Å². The highest BCUT2D eigenvalue weighted by Crippen LogP contribution is 2.28. The highest BCUT2D eigenvalue weighted by atomic mass is 32.2. The topological polar surface area (TPSA) is 92.5 Å². The van der Waals surface area contributed by atoms with Crippen LogP contribution < -0.4 is 11.1 Å². The zero-order valence-electron chi connectivity index (χ0n) is 16.1. The number of sulfonamides is 1. The summed E-state index contributed by atoms with van der Waals surface area (Å²) < 4.78 is 27.8. The highest BCUT2D eigenvalue weighted by Gasteiger charge is 2.28. The van der Waals surface area contributed by atoms with E-state index in [-0.39, 0.29) is 17.9 Å². The van der Waals surface area contributed by atoms with E-state index in [0.29, 0.717) is 35.7 Å². The molecule has 1 aromatic rings. The van der Waals surface area contributed by atoms with Crippen molar-refractivity contribution in [3.05, 3.63) is 23.8 Å². The van der Waals surface area contributed by atoms with Gasteiger partial charge in [-0.05, 0) is 56.2 Å². The van der Waals surface area contributed by atoms with Gasteiger partial charge in [0.15, 0.2) is 0 Å². The van der Waals surface area contributed by atoms with Gasteiger partial charge < -0.3 is 11.1 Å². The Hall–Kier alpha value is -1.44. The molecule has 1 saturated heterocycles. The van der Waals surface area contributed by atoms with Crippen molar-refractivity contribution in [2.24, 2.45) is 11.7 Å². The van der Waals surface area contributed by atoms with Crippen LogP contribution in [0.5, 0.6) is 0 Å². The number of rotatable bonds is 5. The Morgan fingerprint density at radius 3 is 2.48 bits per heavy atom. The van der Waals surface area contributed by atoms with E-state index in [1.807, 2.05) is 0 Å². The fraction of sp³-hybridized carbons (Fsp3) is 0.650. The third kappa shape index (κ3) is 4.89. The average Bonchev–Trinajstić information content (AvgIpc) is 2.87. The smallest absolute Gasteiger partial charge is 0.243 e. The van der Waals surface area contributed by atoms with Gasteiger partial charge in [-0.25, -0.2) is 8.42 Å². The number of aryl methyl sites for hydroxylation is 1. The molecule has 1 amide bonds. The van der Waals surface area contributed by atoms with Crippen molar-refractivity contribution in [2.75, 3.05) is 18.4 Å². The lowest BCUT2D eigenvalue weighted by Gasteiger charge is -2.22. The molecule has 150 valence electrons. The summed E-state index contributed by atoms with van der Waals surface area (Å²) in [4.78, 5) is 12.7. The maximum atomic E-state index is 13.1. The molecule has 1 aliphatic heterocycles. The average molecular weight is 394 g/mol. The molecule has 1 heterocycles. The Kier molecular flexibility index (Phi) is 6.55. The summed E-state index contributed by atoms with van der Waals surface area (Å²) in [6.45, 7) is 2.93. The number of nitrogens with one attached hydrogen (secondary N) is 1. The Morgan fingerprint density at radius 2 is 1.85 bits per heavy atom. The van der Waals surface area contributed by atoms with Gasteiger partial charge in [-0.3, -0.25) is 4.79 Å². The van der Waals surface area contributed by atoms with Gasteiger partial charge in [-0.1, -0.05) is 25.3 Å². The summed E-state index contributed by atoms with van der Waals surface area (Å²) in [6.07, 6.45) is 7.37. The lowest BCUT2D eigenvalue weighted by molar-refractivity contribution is -0.117. The van der Waals surface area contributed by atoms with Crippen molar-refractivity contribution in [3.63, 3.8) is 0 Å². The summed E-state index contributed by atoms with van der Waals surface area (Å²) in [5.41, 5.74) is 7.29. The Morgan fingerprint density at radius 1 is 1.15 bits per heavy atom. The first-order chi connectivity index (χ1) is 12.9. The molecule has 1 saturated carbocycles. The number of carbonyl (C=O) groups is 1. The van der Waals surface area contributed by atoms with Gasteiger partial charge in [0, 0.05) is 31.2 Å². The zero-order valence-corrected chi connectivity index (χ0v) is 16.9. The molecule has 3 rings (SSSR count). The van der Waals surface area contributed by atoms with Crippen molar-refractivity contribution >= 4 is 21.6 Å². The maximum Gasteiger partial charge on any atom is 0.243 e. The predicted molar refractivity (Wildman–Crippen MR) is 107 cm³/mol. The second kappa shape index (κ2) is 8.71. The summed E-state index contributed by atoms with van der Waals surface area (Å²) in [7, 11) is -3.54. The fourth-order valence-corrected chi connectivity index (χ4v) is 5.91. The molecule has 3 N–H and O–H groups in total. The van der Waals surface area contributed by atoms with Crippen LogP contribution in [0.1, 0.15) is 56.9 Å². The maximum absolute atomic E-state index is 13.1. The van der Waals surface area contributed by atoms with Gasteiger partial charge in [-0.2, -0.15) is 4.31 Å². The van der Waals surface area contributed by atoms with Crippen LogP contribution in [0.25, 0.3) is 0 Å². The molecule has 2 aliphatic rings. The molecule has 0 aromatic heterocycles. The van der Waals surface area contributed by atoms with Crippen LogP contribution in [-0.2, 0) is 14.8 Å². The van der Waals surface area contributed by atoms with E-state index < -0.39 is 10.0 Å². The minimum absolute atomic E-state index is 0.0905.